The SMILES string of the molecule is CCOC1CCN(C2(CN)Cc3ccccc3C2)CC1. The highest BCUT2D eigenvalue weighted by Gasteiger charge is 2.42. The van der Waals surface area contributed by atoms with Crippen molar-refractivity contribution in [1.29, 1.82) is 0 Å². The van der Waals surface area contributed by atoms with E-state index >= 15 is 0 Å². The lowest BCUT2D eigenvalue weighted by Crippen LogP contribution is -2.57. The largest absolute Gasteiger partial charge is 0.378 e. The molecule has 1 saturated heterocycles. The molecule has 0 spiro atoms. The lowest BCUT2D eigenvalue weighted by Gasteiger charge is -2.44. The van der Waals surface area contributed by atoms with Crippen LogP contribution in [0.3, 0.4) is 0 Å². The van der Waals surface area contributed by atoms with Gasteiger partial charge in [-0.15, -0.1) is 0 Å². The summed E-state index contributed by atoms with van der Waals surface area (Å²) in [6.45, 7) is 5.91. The van der Waals surface area contributed by atoms with E-state index in [4.69, 9.17) is 10.5 Å². The van der Waals surface area contributed by atoms with Crippen LogP contribution in [0.4, 0.5) is 0 Å². The monoisotopic (exact) mass is 274 g/mol. The fraction of sp³-hybridized carbons (Fsp3) is 0.647. The maximum Gasteiger partial charge on any atom is 0.0599 e. The van der Waals surface area contributed by atoms with Crippen molar-refractivity contribution >= 4 is 0 Å². The summed E-state index contributed by atoms with van der Waals surface area (Å²) in [7, 11) is 0. The fourth-order valence-electron chi connectivity index (χ4n) is 3.90. The number of nitrogens with two attached hydrogens (primary N) is 1. The summed E-state index contributed by atoms with van der Waals surface area (Å²) in [5.74, 6) is 0. The molecule has 1 aromatic carbocycles. The number of piperidine rings is 1. The van der Waals surface area contributed by atoms with Crippen molar-refractivity contribution in [3.8, 4) is 0 Å². The minimum atomic E-state index is 0.154. The molecule has 0 aromatic heterocycles. The molecule has 2 N–H and O–H groups in total. The van der Waals surface area contributed by atoms with Gasteiger partial charge in [0.25, 0.3) is 0 Å². The predicted molar refractivity (Wildman–Crippen MR) is 81.9 cm³/mol. The van der Waals surface area contributed by atoms with Crippen LogP contribution in [0, 0.1) is 0 Å². The minimum absolute atomic E-state index is 0.154. The van der Waals surface area contributed by atoms with E-state index in [1.54, 1.807) is 0 Å². The third-order valence-electron chi connectivity index (χ3n) is 5.05. The minimum Gasteiger partial charge on any atom is -0.378 e. The lowest BCUT2D eigenvalue weighted by molar-refractivity contribution is -0.0159. The van der Waals surface area contributed by atoms with Gasteiger partial charge in [-0.1, -0.05) is 24.3 Å². The Balaban J connectivity index is 1.70. The quantitative estimate of drug-likeness (QED) is 0.912. The third kappa shape index (κ3) is 2.50. The highest BCUT2D eigenvalue weighted by atomic mass is 16.5. The molecule has 0 unspecified atom stereocenters. The van der Waals surface area contributed by atoms with Crippen molar-refractivity contribution in [2.45, 2.75) is 44.2 Å². The maximum absolute atomic E-state index is 6.20. The van der Waals surface area contributed by atoms with Crippen LogP contribution in [0.15, 0.2) is 24.3 Å². The number of hydrogen-bond acceptors (Lipinski definition) is 3. The molecule has 0 amide bonds. The summed E-state index contributed by atoms with van der Waals surface area (Å²) >= 11 is 0. The molecule has 0 atom stereocenters. The molecular formula is C17H26N2O. The summed E-state index contributed by atoms with van der Waals surface area (Å²) in [5.41, 5.74) is 9.33. The molecule has 20 heavy (non-hydrogen) atoms. The van der Waals surface area contributed by atoms with E-state index in [2.05, 4.69) is 36.1 Å². The van der Waals surface area contributed by atoms with Crippen LogP contribution >= 0.6 is 0 Å². The number of nitrogens with zero attached hydrogens (tertiary/aromatic N) is 1. The van der Waals surface area contributed by atoms with E-state index in [1.807, 2.05) is 0 Å². The first-order valence-electron chi connectivity index (χ1n) is 7.91. The number of rotatable bonds is 4. The zero-order chi connectivity index (χ0) is 14.0. The van der Waals surface area contributed by atoms with E-state index in [0.29, 0.717) is 6.10 Å². The third-order valence-corrected chi connectivity index (χ3v) is 5.05. The molecule has 1 aliphatic carbocycles. The Morgan fingerprint density at radius 1 is 1.20 bits per heavy atom. The van der Waals surface area contributed by atoms with Gasteiger partial charge in [0.15, 0.2) is 0 Å². The van der Waals surface area contributed by atoms with Crippen LogP contribution in [0.1, 0.15) is 30.9 Å². The van der Waals surface area contributed by atoms with E-state index < -0.39 is 0 Å². The first-order chi connectivity index (χ1) is 9.77. The zero-order valence-corrected chi connectivity index (χ0v) is 12.5. The molecular weight excluding hydrogens is 248 g/mol. The zero-order valence-electron chi connectivity index (χ0n) is 12.5. The second kappa shape index (κ2) is 5.84. The van der Waals surface area contributed by atoms with Gasteiger partial charge in [0.1, 0.15) is 0 Å². The molecule has 1 heterocycles. The molecule has 1 aliphatic heterocycles. The second-order valence-corrected chi connectivity index (χ2v) is 6.19. The van der Waals surface area contributed by atoms with Gasteiger partial charge in [0, 0.05) is 31.8 Å². The highest BCUT2D eigenvalue weighted by molar-refractivity contribution is 5.36. The van der Waals surface area contributed by atoms with Gasteiger partial charge in [0.2, 0.25) is 0 Å². The molecule has 3 heteroatoms. The highest BCUT2D eigenvalue weighted by Crippen LogP contribution is 2.35. The maximum atomic E-state index is 6.20. The lowest BCUT2D eigenvalue weighted by atomic mass is 9.90. The van der Waals surface area contributed by atoms with Crippen LogP contribution in [0.25, 0.3) is 0 Å². The fourth-order valence-corrected chi connectivity index (χ4v) is 3.90. The Labute approximate surface area is 122 Å². The van der Waals surface area contributed by atoms with Gasteiger partial charge in [-0.05, 0) is 43.7 Å². The Kier molecular flexibility index (Phi) is 4.11. The average molecular weight is 274 g/mol. The van der Waals surface area contributed by atoms with Crippen LogP contribution in [0.5, 0.6) is 0 Å². The van der Waals surface area contributed by atoms with Crippen molar-refractivity contribution in [3.05, 3.63) is 35.4 Å². The Hall–Kier alpha value is -0.900. The summed E-state index contributed by atoms with van der Waals surface area (Å²) in [5, 5.41) is 0. The summed E-state index contributed by atoms with van der Waals surface area (Å²) in [6.07, 6.45) is 4.96. The molecule has 3 nitrogen and oxygen atoms in total. The standard InChI is InChI=1S/C17H26N2O/c1-2-20-16-7-9-19(10-8-16)17(13-18)11-14-5-3-4-6-15(14)12-17/h3-6,16H,2,7-13,18H2,1H3. The van der Waals surface area contributed by atoms with E-state index in [9.17, 15) is 0 Å². The molecule has 0 radical (unpaired) electrons. The number of benzene rings is 1. The van der Waals surface area contributed by atoms with Gasteiger partial charge in [0.05, 0.1) is 6.10 Å². The van der Waals surface area contributed by atoms with E-state index in [1.165, 1.54) is 11.1 Å². The van der Waals surface area contributed by atoms with Gasteiger partial charge < -0.3 is 10.5 Å². The second-order valence-electron chi connectivity index (χ2n) is 6.19. The van der Waals surface area contributed by atoms with E-state index in [0.717, 1.165) is 51.9 Å². The topological polar surface area (TPSA) is 38.5 Å². The molecule has 1 aromatic rings. The molecule has 3 rings (SSSR count). The van der Waals surface area contributed by atoms with Crippen molar-refractivity contribution < 1.29 is 4.74 Å². The van der Waals surface area contributed by atoms with Crippen molar-refractivity contribution in [3.63, 3.8) is 0 Å². The van der Waals surface area contributed by atoms with Gasteiger partial charge in [-0.25, -0.2) is 0 Å². The summed E-state index contributed by atoms with van der Waals surface area (Å²) < 4.78 is 5.76. The Morgan fingerprint density at radius 3 is 2.30 bits per heavy atom. The average Bonchev–Trinajstić information content (AvgIpc) is 2.88. The van der Waals surface area contributed by atoms with Crippen LogP contribution < -0.4 is 5.73 Å². The summed E-state index contributed by atoms with van der Waals surface area (Å²) in [4.78, 5) is 2.63. The first-order valence-corrected chi connectivity index (χ1v) is 7.91. The number of hydrogen-bond donors (Lipinski definition) is 1. The van der Waals surface area contributed by atoms with Crippen LogP contribution in [-0.2, 0) is 17.6 Å². The molecule has 0 saturated carbocycles. The normalized spacial score (nSPS) is 22.9. The Morgan fingerprint density at radius 2 is 1.80 bits per heavy atom. The van der Waals surface area contributed by atoms with Gasteiger partial charge in [-0.2, -0.15) is 0 Å². The van der Waals surface area contributed by atoms with Crippen molar-refractivity contribution in [1.82, 2.24) is 4.90 Å². The van der Waals surface area contributed by atoms with Gasteiger partial charge >= 0.3 is 0 Å². The molecule has 2 aliphatic rings. The van der Waals surface area contributed by atoms with Crippen LogP contribution in [-0.4, -0.2) is 42.8 Å². The molecule has 0 bridgehead atoms. The number of ether oxygens (including phenoxy) is 1. The Bertz CT molecular complexity index is 427. The van der Waals surface area contributed by atoms with E-state index in [-0.39, 0.29) is 5.54 Å². The molecule has 1 fully saturated rings. The smallest absolute Gasteiger partial charge is 0.0599 e. The van der Waals surface area contributed by atoms with Crippen molar-refractivity contribution in [2.24, 2.45) is 5.73 Å². The number of fused-ring (bicyclic) bond motifs is 1. The summed E-state index contributed by atoms with van der Waals surface area (Å²) in [6, 6.07) is 8.82. The number of likely N-dealkylation sites (tertiary alicyclic amines) is 1. The van der Waals surface area contributed by atoms with Gasteiger partial charge in [-0.3, -0.25) is 4.90 Å². The van der Waals surface area contributed by atoms with Crippen LogP contribution in [0.2, 0.25) is 0 Å². The molecule has 110 valence electrons. The first kappa shape index (κ1) is 14.1. The predicted octanol–water partition coefficient (Wildman–Crippen LogP) is 1.98. The van der Waals surface area contributed by atoms with Crippen molar-refractivity contribution in [2.75, 3.05) is 26.2 Å².